The molecule has 0 aliphatic rings. The van der Waals surface area contributed by atoms with Gasteiger partial charge in [-0.15, -0.1) is 0 Å². The van der Waals surface area contributed by atoms with E-state index in [1.54, 1.807) is 7.11 Å². The molecule has 1 rings (SSSR count). The normalized spacial score (nSPS) is 9.40. The number of aryl methyl sites for hydroxylation is 1. The molecule has 0 aliphatic heterocycles. The van der Waals surface area contributed by atoms with E-state index in [4.69, 9.17) is 17.0 Å². The summed E-state index contributed by atoms with van der Waals surface area (Å²) in [4.78, 5) is 0. The van der Waals surface area contributed by atoms with Crippen molar-refractivity contribution in [2.24, 2.45) is 7.05 Å². The summed E-state index contributed by atoms with van der Waals surface area (Å²) in [5.41, 5.74) is 0. The van der Waals surface area contributed by atoms with Gasteiger partial charge < -0.3 is 9.30 Å². The van der Waals surface area contributed by atoms with Gasteiger partial charge in [0.05, 0.1) is 7.11 Å². The number of methoxy groups -OCH3 is 1. The van der Waals surface area contributed by atoms with Crippen molar-refractivity contribution in [2.45, 2.75) is 0 Å². The Kier molecular flexibility index (Phi) is 2.06. The Morgan fingerprint density at radius 1 is 1.60 bits per heavy atom. The fraction of sp³-hybridized carbons (Fsp3) is 0.286. The molecule has 54 valence electrons. The van der Waals surface area contributed by atoms with Crippen molar-refractivity contribution in [2.75, 3.05) is 7.11 Å². The second-order valence-corrected chi connectivity index (χ2v) is 2.38. The number of pyridine rings is 1. The zero-order valence-corrected chi connectivity index (χ0v) is 6.81. The second kappa shape index (κ2) is 2.84. The largest absolute Gasteiger partial charge is 0.494 e. The molecule has 0 unspecified atom stereocenters. The van der Waals surface area contributed by atoms with Crippen molar-refractivity contribution in [1.29, 1.82) is 0 Å². The molecule has 3 heteroatoms. The Labute approximate surface area is 65.1 Å². The summed E-state index contributed by atoms with van der Waals surface area (Å²) >= 11 is 5.03. The third-order valence-electron chi connectivity index (χ3n) is 1.31. The zero-order valence-electron chi connectivity index (χ0n) is 6.00. The van der Waals surface area contributed by atoms with E-state index in [-0.39, 0.29) is 0 Å². The fourth-order valence-corrected chi connectivity index (χ4v) is 0.940. The SMILES string of the molecule is COc1cccn(C)c1=S. The minimum atomic E-state index is 0.727. The van der Waals surface area contributed by atoms with E-state index < -0.39 is 0 Å². The molecular formula is C7H9NOS. The van der Waals surface area contributed by atoms with Gasteiger partial charge in [-0.2, -0.15) is 0 Å². The second-order valence-electron chi connectivity index (χ2n) is 1.99. The molecule has 10 heavy (non-hydrogen) atoms. The van der Waals surface area contributed by atoms with E-state index in [9.17, 15) is 0 Å². The number of ether oxygens (including phenoxy) is 1. The maximum absolute atomic E-state index is 5.03. The van der Waals surface area contributed by atoms with Crippen LogP contribution in [-0.2, 0) is 7.05 Å². The first-order chi connectivity index (χ1) is 4.75. The van der Waals surface area contributed by atoms with Crippen LogP contribution in [0.2, 0.25) is 0 Å². The van der Waals surface area contributed by atoms with E-state index >= 15 is 0 Å². The molecule has 0 aromatic carbocycles. The van der Waals surface area contributed by atoms with Crippen molar-refractivity contribution < 1.29 is 4.74 Å². The van der Waals surface area contributed by atoms with Crippen LogP contribution >= 0.6 is 12.2 Å². The third-order valence-corrected chi connectivity index (χ3v) is 1.80. The van der Waals surface area contributed by atoms with Gasteiger partial charge >= 0.3 is 0 Å². The minimum Gasteiger partial charge on any atom is -0.494 e. The van der Waals surface area contributed by atoms with Gasteiger partial charge in [-0.3, -0.25) is 0 Å². The van der Waals surface area contributed by atoms with Crippen LogP contribution in [0.25, 0.3) is 0 Å². The molecule has 1 aromatic heterocycles. The number of hydrogen-bond donors (Lipinski definition) is 0. The van der Waals surface area contributed by atoms with Crippen LogP contribution in [0.1, 0.15) is 0 Å². The first-order valence-electron chi connectivity index (χ1n) is 2.95. The van der Waals surface area contributed by atoms with Gasteiger partial charge in [-0.1, -0.05) is 12.2 Å². The highest BCUT2D eigenvalue weighted by Gasteiger charge is 1.92. The zero-order chi connectivity index (χ0) is 7.56. The van der Waals surface area contributed by atoms with Gasteiger partial charge in [-0.25, -0.2) is 0 Å². The molecule has 0 aliphatic carbocycles. The number of hydrogen-bond acceptors (Lipinski definition) is 2. The van der Waals surface area contributed by atoms with Crippen molar-refractivity contribution >= 4 is 12.2 Å². The smallest absolute Gasteiger partial charge is 0.153 e. The Morgan fingerprint density at radius 2 is 2.30 bits per heavy atom. The lowest BCUT2D eigenvalue weighted by Gasteiger charge is -2.01. The summed E-state index contributed by atoms with van der Waals surface area (Å²) < 4.78 is 7.57. The van der Waals surface area contributed by atoms with Crippen LogP contribution < -0.4 is 4.74 Å². The lowest BCUT2D eigenvalue weighted by Crippen LogP contribution is -1.93. The summed E-state index contributed by atoms with van der Waals surface area (Å²) in [6.45, 7) is 0. The van der Waals surface area contributed by atoms with Crippen molar-refractivity contribution in [1.82, 2.24) is 4.57 Å². The molecule has 2 nitrogen and oxygen atoms in total. The molecule has 0 bridgehead atoms. The maximum Gasteiger partial charge on any atom is 0.153 e. The highest BCUT2D eigenvalue weighted by Crippen LogP contribution is 2.09. The Morgan fingerprint density at radius 3 is 2.80 bits per heavy atom. The summed E-state index contributed by atoms with van der Waals surface area (Å²) in [7, 11) is 3.51. The van der Waals surface area contributed by atoms with E-state index in [1.807, 2.05) is 29.9 Å². The van der Waals surface area contributed by atoms with Crippen LogP contribution in [0, 0.1) is 4.64 Å². The molecule has 0 N–H and O–H groups in total. The Balaban J connectivity index is 3.28. The van der Waals surface area contributed by atoms with Gasteiger partial charge in [0.2, 0.25) is 0 Å². The van der Waals surface area contributed by atoms with Gasteiger partial charge in [0.1, 0.15) is 4.64 Å². The number of nitrogens with zero attached hydrogens (tertiary/aromatic N) is 1. The van der Waals surface area contributed by atoms with E-state index in [2.05, 4.69) is 0 Å². The molecule has 1 heterocycles. The highest BCUT2D eigenvalue weighted by atomic mass is 32.1. The van der Waals surface area contributed by atoms with Crippen LogP contribution in [0.3, 0.4) is 0 Å². The van der Waals surface area contributed by atoms with Crippen LogP contribution in [0.4, 0.5) is 0 Å². The topological polar surface area (TPSA) is 14.2 Å². The van der Waals surface area contributed by atoms with Crippen molar-refractivity contribution in [3.63, 3.8) is 0 Å². The molecule has 0 fully saturated rings. The first-order valence-corrected chi connectivity index (χ1v) is 3.36. The van der Waals surface area contributed by atoms with Gasteiger partial charge in [0.15, 0.2) is 5.75 Å². The van der Waals surface area contributed by atoms with E-state index in [1.165, 1.54) is 0 Å². The summed E-state index contributed by atoms with van der Waals surface area (Å²) in [6.07, 6.45) is 1.89. The summed E-state index contributed by atoms with van der Waals surface area (Å²) in [5, 5.41) is 0. The van der Waals surface area contributed by atoms with E-state index in [0.717, 1.165) is 10.4 Å². The fourth-order valence-electron chi connectivity index (χ4n) is 0.728. The van der Waals surface area contributed by atoms with E-state index in [0.29, 0.717) is 0 Å². The van der Waals surface area contributed by atoms with Crippen LogP contribution in [0.15, 0.2) is 18.3 Å². The van der Waals surface area contributed by atoms with Gasteiger partial charge in [0, 0.05) is 13.2 Å². The maximum atomic E-state index is 5.03. The average molecular weight is 155 g/mol. The lowest BCUT2D eigenvalue weighted by molar-refractivity contribution is 0.408. The molecule has 0 amide bonds. The van der Waals surface area contributed by atoms with Crippen molar-refractivity contribution in [3.05, 3.63) is 23.0 Å². The van der Waals surface area contributed by atoms with Gasteiger partial charge in [-0.05, 0) is 12.1 Å². The van der Waals surface area contributed by atoms with Crippen LogP contribution in [0.5, 0.6) is 5.75 Å². The van der Waals surface area contributed by atoms with Gasteiger partial charge in [0.25, 0.3) is 0 Å². The standard InChI is InChI=1S/C7H9NOS/c1-8-5-3-4-6(9-2)7(8)10/h3-5H,1-2H3. The predicted octanol–water partition coefficient (Wildman–Crippen LogP) is 1.76. The Hall–Kier alpha value is -0.830. The highest BCUT2D eigenvalue weighted by molar-refractivity contribution is 7.71. The van der Waals surface area contributed by atoms with Crippen LogP contribution in [-0.4, -0.2) is 11.7 Å². The Bertz CT molecular complexity index is 279. The molecular weight excluding hydrogens is 146 g/mol. The molecule has 0 radical (unpaired) electrons. The molecule has 0 saturated carbocycles. The predicted molar refractivity (Wildman–Crippen MR) is 42.8 cm³/mol. The number of rotatable bonds is 1. The van der Waals surface area contributed by atoms with Crippen molar-refractivity contribution in [3.8, 4) is 5.75 Å². The minimum absolute atomic E-state index is 0.727. The first kappa shape index (κ1) is 7.28. The monoisotopic (exact) mass is 155 g/mol. The third kappa shape index (κ3) is 1.19. The molecule has 0 atom stereocenters. The molecule has 1 aromatic rings. The lowest BCUT2D eigenvalue weighted by atomic mass is 10.4. The molecule has 0 spiro atoms. The molecule has 0 saturated heterocycles. The quantitative estimate of drug-likeness (QED) is 0.574. The average Bonchev–Trinajstić information content (AvgIpc) is 1.95. The number of aromatic nitrogens is 1. The summed E-state index contributed by atoms with van der Waals surface area (Å²) in [5.74, 6) is 0.750. The summed E-state index contributed by atoms with van der Waals surface area (Å²) in [6, 6.07) is 3.75.